The fourth-order valence-electron chi connectivity index (χ4n) is 1.55. The van der Waals surface area contributed by atoms with Gasteiger partial charge in [-0.1, -0.05) is 29.8 Å². The minimum Gasteiger partial charge on any atom is -0.487 e. The van der Waals surface area contributed by atoms with Crippen LogP contribution >= 0.6 is 11.6 Å². The molecule has 2 aromatic carbocycles. The first-order chi connectivity index (χ1) is 8.15. The van der Waals surface area contributed by atoms with Gasteiger partial charge in [-0.25, -0.2) is 0 Å². The fourth-order valence-corrected chi connectivity index (χ4v) is 1.77. The lowest BCUT2D eigenvalue weighted by molar-refractivity contribution is 0.308. The van der Waals surface area contributed by atoms with E-state index in [9.17, 15) is 0 Å². The van der Waals surface area contributed by atoms with Crippen molar-refractivity contribution in [3.05, 3.63) is 58.6 Å². The molecule has 2 rings (SSSR count). The molecule has 0 atom stereocenters. The zero-order valence-electron chi connectivity index (χ0n) is 9.61. The molecule has 2 nitrogen and oxygen atoms in total. The quantitative estimate of drug-likeness (QED) is 0.837. The molecule has 0 fully saturated rings. The van der Waals surface area contributed by atoms with Crippen LogP contribution in [0, 0.1) is 6.92 Å². The Balaban J connectivity index is 2.09. The van der Waals surface area contributed by atoms with Gasteiger partial charge in [0.2, 0.25) is 0 Å². The first-order valence-electron chi connectivity index (χ1n) is 5.38. The number of nitrogen functional groups attached to an aromatic ring is 1. The third-order valence-electron chi connectivity index (χ3n) is 2.45. The molecule has 0 unspecified atom stereocenters. The van der Waals surface area contributed by atoms with E-state index >= 15 is 0 Å². The van der Waals surface area contributed by atoms with E-state index in [1.165, 1.54) is 0 Å². The van der Waals surface area contributed by atoms with Gasteiger partial charge in [0, 0.05) is 5.02 Å². The number of aryl methyl sites for hydroxylation is 1. The predicted molar refractivity (Wildman–Crippen MR) is 71.4 cm³/mol. The molecule has 0 heterocycles. The molecule has 0 aliphatic rings. The Morgan fingerprint density at radius 2 is 2.00 bits per heavy atom. The third-order valence-corrected chi connectivity index (χ3v) is 2.69. The third kappa shape index (κ3) is 3.14. The van der Waals surface area contributed by atoms with Crippen LogP contribution < -0.4 is 10.5 Å². The number of benzene rings is 2. The maximum absolute atomic E-state index is 5.90. The van der Waals surface area contributed by atoms with Crippen molar-refractivity contribution in [2.75, 3.05) is 5.73 Å². The molecule has 0 spiro atoms. The van der Waals surface area contributed by atoms with Crippen molar-refractivity contribution in [3.8, 4) is 5.75 Å². The van der Waals surface area contributed by atoms with E-state index in [1.807, 2.05) is 49.4 Å². The Morgan fingerprint density at radius 3 is 2.76 bits per heavy atom. The molecule has 17 heavy (non-hydrogen) atoms. The number of hydrogen-bond donors (Lipinski definition) is 1. The van der Waals surface area contributed by atoms with Gasteiger partial charge in [-0.15, -0.1) is 0 Å². The van der Waals surface area contributed by atoms with Crippen molar-refractivity contribution < 1.29 is 4.74 Å². The maximum Gasteiger partial charge on any atom is 0.142 e. The molecule has 0 amide bonds. The summed E-state index contributed by atoms with van der Waals surface area (Å²) in [6, 6.07) is 13.3. The molecule has 0 saturated heterocycles. The number of hydrogen-bond acceptors (Lipinski definition) is 2. The minimum absolute atomic E-state index is 0.466. The summed E-state index contributed by atoms with van der Waals surface area (Å²) in [6.45, 7) is 2.47. The molecular formula is C14H14ClNO. The van der Waals surface area contributed by atoms with Crippen LogP contribution in [0.15, 0.2) is 42.5 Å². The minimum atomic E-state index is 0.466. The highest BCUT2D eigenvalue weighted by Gasteiger charge is 2.01. The number of anilines is 1. The van der Waals surface area contributed by atoms with Gasteiger partial charge in [-0.2, -0.15) is 0 Å². The van der Waals surface area contributed by atoms with Crippen molar-refractivity contribution in [2.24, 2.45) is 0 Å². The maximum atomic E-state index is 5.90. The van der Waals surface area contributed by atoms with Crippen LogP contribution in [0.4, 0.5) is 5.69 Å². The number of rotatable bonds is 3. The summed E-state index contributed by atoms with van der Waals surface area (Å²) >= 11 is 5.90. The van der Waals surface area contributed by atoms with Crippen molar-refractivity contribution in [1.82, 2.24) is 0 Å². The first kappa shape index (κ1) is 11.8. The summed E-state index contributed by atoms with van der Waals surface area (Å²) in [5, 5.41) is 0.711. The van der Waals surface area contributed by atoms with Crippen molar-refractivity contribution in [2.45, 2.75) is 13.5 Å². The first-order valence-corrected chi connectivity index (χ1v) is 5.76. The van der Waals surface area contributed by atoms with Gasteiger partial charge in [0.15, 0.2) is 0 Å². The highest BCUT2D eigenvalue weighted by Crippen LogP contribution is 2.23. The van der Waals surface area contributed by atoms with Crippen LogP contribution in [-0.2, 0) is 6.61 Å². The monoisotopic (exact) mass is 247 g/mol. The largest absolute Gasteiger partial charge is 0.487 e. The Labute approximate surface area is 106 Å². The highest BCUT2D eigenvalue weighted by molar-refractivity contribution is 6.30. The number of ether oxygens (including phenoxy) is 1. The number of nitrogens with two attached hydrogens (primary N) is 1. The Kier molecular flexibility index (Phi) is 3.55. The highest BCUT2D eigenvalue weighted by atomic mass is 35.5. The molecule has 0 aliphatic heterocycles. The second-order valence-electron chi connectivity index (χ2n) is 3.96. The summed E-state index contributed by atoms with van der Waals surface area (Å²) in [5.41, 5.74) is 8.63. The summed E-state index contributed by atoms with van der Waals surface area (Å²) in [6.07, 6.45) is 0. The number of halogens is 1. The van der Waals surface area contributed by atoms with Gasteiger partial charge < -0.3 is 10.5 Å². The zero-order valence-corrected chi connectivity index (χ0v) is 10.4. The van der Waals surface area contributed by atoms with Crippen LogP contribution in [0.3, 0.4) is 0 Å². The van der Waals surface area contributed by atoms with E-state index in [0.717, 1.165) is 11.1 Å². The molecule has 0 bridgehead atoms. The van der Waals surface area contributed by atoms with Crippen molar-refractivity contribution in [1.29, 1.82) is 0 Å². The average Bonchev–Trinajstić information content (AvgIpc) is 2.30. The second kappa shape index (κ2) is 5.11. The second-order valence-corrected chi connectivity index (χ2v) is 4.40. The molecule has 88 valence electrons. The molecule has 2 N–H and O–H groups in total. The topological polar surface area (TPSA) is 35.2 Å². The van der Waals surface area contributed by atoms with Crippen LogP contribution in [0.25, 0.3) is 0 Å². The smallest absolute Gasteiger partial charge is 0.142 e. The summed E-state index contributed by atoms with van der Waals surface area (Å²) in [4.78, 5) is 0. The van der Waals surface area contributed by atoms with Gasteiger partial charge in [0.1, 0.15) is 12.4 Å². The zero-order chi connectivity index (χ0) is 12.3. The Hall–Kier alpha value is -1.67. The molecule has 0 aromatic heterocycles. The van der Waals surface area contributed by atoms with Gasteiger partial charge in [-0.3, -0.25) is 0 Å². The molecule has 0 aliphatic carbocycles. The predicted octanol–water partition coefficient (Wildman–Crippen LogP) is 3.81. The molecule has 3 heteroatoms. The normalized spacial score (nSPS) is 10.2. The van der Waals surface area contributed by atoms with E-state index in [0.29, 0.717) is 23.1 Å². The average molecular weight is 248 g/mol. The summed E-state index contributed by atoms with van der Waals surface area (Å²) in [7, 11) is 0. The lowest BCUT2D eigenvalue weighted by Gasteiger charge is -2.09. The summed E-state index contributed by atoms with van der Waals surface area (Å²) in [5.74, 6) is 0.713. The lowest BCUT2D eigenvalue weighted by Crippen LogP contribution is -1.99. The fraction of sp³-hybridized carbons (Fsp3) is 0.143. The van der Waals surface area contributed by atoms with E-state index in [2.05, 4.69) is 0 Å². The van der Waals surface area contributed by atoms with Gasteiger partial charge >= 0.3 is 0 Å². The van der Waals surface area contributed by atoms with Crippen LogP contribution in [0.2, 0.25) is 5.02 Å². The van der Waals surface area contributed by atoms with Crippen LogP contribution in [-0.4, -0.2) is 0 Å². The summed E-state index contributed by atoms with van der Waals surface area (Å²) < 4.78 is 5.68. The van der Waals surface area contributed by atoms with Crippen LogP contribution in [0.5, 0.6) is 5.75 Å². The van der Waals surface area contributed by atoms with E-state index in [1.54, 1.807) is 0 Å². The molecular weight excluding hydrogens is 234 g/mol. The van der Waals surface area contributed by atoms with Gasteiger partial charge in [-0.05, 0) is 42.3 Å². The SMILES string of the molecule is Cc1ccc(N)c(OCc2cccc(Cl)c2)c1. The molecule has 0 radical (unpaired) electrons. The van der Waals surface area contributed by atoms with E-state index in [-0.39, 0.29) is 0 Å². The Morgan fingerprint density at radius 1 is 1.18 bits per heavy atom. The van der Waals surface area contributed by atoms with Crippen molar-refractivity contribution >= 4 is 17.3 Å². The van der Waals surface area contributed by atoms with Gasteiger partial charge in [0.05, 0.1) is 5.69 Å². The van der Waals surface area contributed by atoms with E-state index < -0.39 is 0 Å². The van der Waals surface area contributed by atoms with Crippen LogP contribution in [0.1, 0.15) is 11.1 Å². The van der Waals surface area contributed by atoms with Crippen molar-refractivity contribution in [3.63, 3.8) is 0 Å². The molecule has 2 aromatic rings. The molecule has 0 saturated carbocycles. The Bertz CT molecular complexity index is 525. The standard InChI is InChI=1S/C14H14ClNO/c1-10-5-6-13(16)14(7-10)17-9-11-3-2-4-12(15)8-11/h2-8H,9,16H2,1H3. The lowest BCUT2D eigenvalue weighted by atomic mass is 10.2. The van der Waals surface area contributed by atoms with Gasteiger partial charge in [0.25, 0.3) is 0 Å². The van der Waals surface area contributed by atoms with E-state index in [4.69, 9.17) is 22.1 Å².